The van der Waals surface area contributed by atoms with Crippen molar-refractivity contribution in [3.05, 3.63) is 92.9 Å². The van der Waals surface area contributed by atoms with Crippen molar-refractivity contribution >= 4 is 46.8 Å². The summed E-state index contributed by atoms with van der Waals surface area (Å²) in [4.78, 5) is 53.6. The van der Waals surface area contributed by atoms with E-state index in [1.54, 1.807) is 45.0 Å². The Morgan fingerprint density at radius 1 is 1.09 bits per heavy atom. The van der Waals surface area contributed by atoms with Crippen LogP contribution in [0.15, 0.2) is 48.7 Å². The summed E-state index contributed by atoms with van der Waals surface area (Å²) in [5.74, 6) is -3.09. The van der Waals surface area contributed by atoms with Gasteiger partial charge in [-0.15, -0.1) is 0 Å². The number of nitrogens with two attached hydrogens (primary N) is 1. The summed E-state index contributed by atoms with van der Waals surface area (Å²) in [6, 6.07) is 11.6. The van der Waals surface area contributed by atoms with Gasteiger partial charge in [-0.25, -0.2) is 23.9 Å². The monoisotopic (exact) mass is 621 g/mol. The van der Waals surface area contributed by atoms with Gasteiger partial charge in [0.2, 0.25) is 0 Å². The summed E-state index contributed by atoms with van der Waals surface area (Å²) in [5, 5.41) is 17.0. The van der Waals surface area contributed by atoms with Gasteiger partial charge in [0.05, 0.1) is 35.6 Å². The van der Waals surface area contributed by atoms with E-state index in [0.29, 0.717) is 29.1 Å². The predicted octanol–water partition coefficient (Wildman–Crippen LogP) is 4.82. The molecule has 12 nitrogen and oxygen atoms in total. The van der Waals surface area contributed by atoms with Gasteiger partial charge in [0, 0.05) is 6.07 Å². The Kier molecular flexibility index (Phi) is 9.24. The molecule has 2 aromatic carbocycles. The zero-order valence-corrected chi connectivity index (χ0v) is 25.6. The fraction of sp³-hybridized carbons (Fsp3) is 0.290. The van der Waals surface area contributed by atoms with Crippen LogP contribution in [-0.2, 0) is 15.9 Å². The molecule has 0 aliphatic heterocycles. The normalized spacial score (nSPS) is 13.8. The number of nitrogens with zero attached hydrogens (tertiary/aromatic N) is 3. The number of ether oxygens (including phenoxy) is 2. The first-order valence-electron chi connectivity index (χ1n) is 13.6. The number of benzene rings is 2. The number of esters is 2. The smallest absolute Gasteiger partial charge is 0.356 e. The van der Waals surface area contributed by atoms with Crippen molar-refractivity contribution in [2.24, 2.45) is 0 Å². The summed E-state index contributed by atoms with van der Waals surface area (Å²) in [6.45, 7) is 7.27. The highest BCUT2D eigenvalue weighted by molar-refractivity contribution is 6.33. The highest BCUT2D eigenvalue weighted by Gasteiger charge is 2.30. The number of carboxylic acid groups (broad SMARTS) is 1. The number of carboxylic acids is 1. The minimum Gasteiger partial charge on any atom is -0.477 e. The molecular weight excluding hydrogens is 590 g/mol. The fourth-order valence-corrected chi connectivity index (χ4v) is 4.91. The molecule has 0 bridgehead atoms. The van der Waals surface area contributed by atoms with Crippen molar-refractivity contribution < 1.29 is 33.8 Å². The number of carbonyl (C=O) groups is 4. The SMILES string of the molecule is COC(=O)c1cc(C(=O)N[C@H]2CCc3c2ccc(C(=O)OC(C)(C)C)c3C)n2ncc(C(=O)O)c2n1.Nc1ccccc1Cl. The molecule has 5 rings (SSSR count). The van der Waals surface area contributed by atoms with E-state index in [4.69, 9.17) is 26.8 Å². The molecule has 1 aliphatic rings. The first kappa shape index (κ1) is 32.0. The Morgan fingerprint density at radius 2 is 1.80 bits per heavy atom. The van der Waals surface area contributed by atoms with E-state index in [0.717, 1.165) is 34.5 Å². The van der Waals surface area contributed by atoms with Crippen LogP contribution in [0.3, 0.4) is 0 Å². The van der Waals surface area contributed by atoms with Crippen LogP contribution in [0.5, 0.6) is 0 Å². The van der Waals surface area contributed by atoms with Crippen molar-refractivity contribution in [1.82, 2.24) is 19.9 Å². The zero-order chi connectivity index (χ0) is 32.3. The van der Waals surface area contributed by atoms with Crippen molar-refractivity contribution in [2.45, 2.75) is 52.2 Å². The molecule has 0 saturated carbocycles. The van der Waals surface area contributed by atoms with Crippen LogP contribution in [0, 0.1) is 6.92 Å². The number of amides is 1. The molecule has 1 atom stereocenters. The molecule has 4 aromatic rings. The minimum absolute atomic E-state index is 0.0663. The Labute approximate surface area is 258 Å². The van der Waals surface area contributed by atoms with Crippen LogP contribution in [0.1, 0.15) is 91.6 Å². The van der Waals surface area contributed by atoms with Crippen molar-refractivity contribution in [1.29, 1.82) is 0 Å². The van der Waals surface area contributed by atoms with Crippen LogP contribution < -0.4 is 11.1 Å². The predicted molar refractivity (Wildman–Crippen MR) is 162 cm³/mol. The number of anilines is 1. The standard InChI is InChI=1S/C25H26N4O7.C6H6ClN/c1-12-13-8-9-17(15(13)7-6-14(12)23(33)36-25(2,3)4)28-21(30)19-10-18(24(34)35-5)27-20-16(22(31)32)11-26-29(19)20;7-5-3-1-2-4-6(5)8/h6-7,10-11,17H,8-9H2,1-5H3,(H,28,30)(H,31,32);1-4H,8H2/t17-;/m0./s1. The van der Waals surface area contributed by atoms with Crippen LogP contribution in [0.2, 0.25) is 5.02 Å². The molecule has 0 unspecified atom stereocenters. The summed E-state index contributed by atoms with van der Waals surface area (Å²) >= 11 is 5.58. The molecule has 0 fully saturated rings. The van der Waals surface area contributed by atoms with E-state index < -0.39 is 29.4 Å². The Hall–Kier alpha value is -4.97. The topological polar surface area (TPSA) is 175 Å². The maximum absolute atomic E-state index is 13.3. The number of hydrogen-bond donors (Lipinski definition) is 3. The summed E-state index contributed by atoms with van der Waals surface area (Å²) in [5.41, 5.74) is 7.82. The number of para-hydroxylation sites is 1. The molecule has 230 valence electrons. The third kappa shape index (κ3) is 6.81. The van der Waals surface area contributed by atoms with Gasteiger partial charge in [0.25, 0.3) is 5.91 Å². The van der Waals surface area contributed by atoms with E-state index in [-0.39, 0.29) is 28.6 Å². The van der Waals surface area contributed by atoms with Gasteiger partial charge in [-0.2, -0.15) is 5.10 Å². The van der Waals surface area contributed by atoms with Gasteiger partial charge in [-0.3, -0.25) is 4.79 Å². The quantitative estimate of drug-likeness (QED) is 0.207. The number of hydrogen-bond acceptors (Lipinski definition) is 9. The fourth-order valence-electron chi connectivity index (χ4n) is 4.78. The lowest BCUT2D eigenvalue weighted by atomic mass is 9.97. The van der Waals surface area contributed by atoms with Crippen LogP contribution >= 0.6 is 11.6 Å². The number of nitrogen functional groups attached to an aromatic ring is 1. The molecule has 44 heavy (non-hydrogen) atoms. The maximum Gasteiger partial charge on any atom is 0.356 e. The molecule has 0 spiro atoms. The summed E-state index contributed by atoms with van der Waals surface area (Å²) in [7, 11) is 1.16. The molecule has 2 aromatic heterocycles. The largest absolute Gasteiger partial charge is 0.477 e. The summed E-state index contributed by atoms with van der Waals surface area (Å²) in [6.07, 6.45) is 2.30. The van der Waals surface area contributed by atoms with Crippen LogP contribution in [0.4, 0.5) is 5.69 Å². The number of carbonyl (C=O) groups excluding carboxylic acids is 3. The third-order valence-electron chi connectivity index (χ3n) is 6.85. The second-order valence-electron chi connectivity index (χ2n) is 11.0. The number of aromatic nitrogens is 3. The minimum atomic E-state index is -1.30. The highest BCUT2D eigenvalue weighted by Crippen LogP contribution is 2.35. The number of nitrogens with one attached hydrogen (secondary N) is 1. The Bertz CT molecular complexity index is 1760. The number of fused-ring (bicyclic) bond motifs is 2. The van der Waals surface area contributed by atoms with E-state index in [1.165, 1.54) is 6.07 Å². The third-order valence-corrected chi connectivity index (χ3v) is 7.20. The number of methoxy groups -OCH3 is 1. The van der Waals surface area contributed by atoms with E-state index in [9.17, 15) is 24.3 Å². The van der Waals surface area contributed by atoms with E-state index >= 15 is 0 Å². The van der Waals surface area contributed by atoms with Crippen LogP contribution in [0.25, 0.3) is 5.65 Å². The lowest BCUT2D eigenvalue weighted by Crippen LogP contribution is -2.30. The lowest BCUT2D eigenvalue weighted by molar-refractivity contribution is 0.00680. The average molecular weight is 622 g/mol. The van der Waals surface area contributed by atoms with Crippen molar-refractivity contribution in [3.63, 3.8) is 0 Å². The lowest BCUT2D eigenvalue weighted by Gasteiger charge is -2.21. The van der Waals surface area contributed by atoms with Gasteiger partial charge in [0.15, 0.2) is 11.3 Å². The number of halogens is 1. The van der Waals surface area contributed by atoms with E-state index in [2.05, 4.69) is 15.4 Å². The van der Waals surface area contributed by atoms with Crippen molar-refractivity contribution in [2.75, 3.05) is 12.8 Å². The number of rotatable bonds is 5. The van der Waals surface area contributed by atoms with Crippen LogP contribution in [-0.4, -0.2) is 56.2 Å². The molecule has 0 saturated heterocycles. The molecule has 2 heterocycles. The summed E-state index contributed by atoms with van der Waals surface area (Å²) < 4.78 is 11.3. The van der Waals surface area contributed by atoms with Gasteiger partial charge in [-0.1, -0.05) is 29.8 Å². The van der Waals surface area contributed by atoms with Gasteiger partial charge in [0.1, 0.15) is 16.9 Å². The number of aromatic carboxylic acids is 1. The second kappa shape index (κ2) is 12.7. The van der Waals surface area contributed by atoms with E-state index in [1.807, 2.05) is 19.1 Å². The molecule has 1 amide bonds. The van der Waals surface area contributed by atoms with Gasteiger partial charge < -0.3 is 25.6 Å². The first-order chi connectivity index (χ1) is 20.7. The van der Waals surface area contributed by atoms with Gasteiger partial charge >= 0.3 is 17.9 Å². The molecule has 4 N–H and O–H groups in total. The Morgan fingerprint density at radius 3 is 2.39 bits per heavy atom. The maximum atomic E-state index is 13.3. The molecular formula is C31H32ClN5O7. The molecule has 1 aliphatic carbocycles. The zero-order valence-electron chi connectivity index (χ0n) is 24.8. The highest BCUT2D eigenvalue weighted by atomic mass is 35.5. The van der Waals surface area contributed by atoms with Crippen molar-refractivity contribution in [3.8, 4) is 0 Å². The first-order valence-corrected chi connectivity index (χ1v) is 14.0. The second-order valence-corrected chi connectivity index (χ2v) is 11.4. The average Bonchev–Trinajstić information content (AvgIpc) is 3.58. The Balaban J connectivity index is 0.000000479. The molecule has 0 radical (unpaired) electrons. The molecule has 13 heteroatoms. The van der Waals surface area contributed by atoms with Gasteiger partial charge in [-0.05, 0) is 75.4 Å².